The molecule has 0 aliphatic rings. The predicted molar refractivity (Wildman–Crippen MR) is 272 cm³/mol. The van der Waals surface area contributed by atoms with Gasteiger partial charge >= 0.3 is 0 Å². The normalized spacial score (nSPS) is 14.6. The van der Waals surface area contributed by atoms with Crippen LogP contribution in [0.4, 0.5) is 0 Å². The van der Waals surface area contributed by atoms with Gasteiger partial charge in [0.15, 0.2) is 6.20 Å². The largest absolute Gasteiger partial charge is 0.618 e. The summed E-state index contributed by atoms with van der Waals surface area (Å²) in [7, 11) is -1.24. The summed E-state index contributed by atoms with van der Waals surface area (Å²) < 4.78 is 31.7. The van der Waals surface area contributed by atoms with E-state index in [1.807, 2.05) is 71.9 Å². The van der Waals surface area contributed by atoms with Crippen molar-refractivity contribution >= 4 is 45.6 Å². The number of rotatable bonds is 32. The molecule has 400 valence electrons. The van der Waals surface area contributed by atoms with Crippen LogP contribution in [0.1, 0.15) is 116 Å². The lowest BCUT2D eigenvalue weighted by molar-refractivity contribution is -0.614. The van der Waals surface area contributed by atoms with E-state index in [1.54, 1.807) is 24.4 Å². The van der Waals surface area contributed by atoms with Crippen LogP contribution in [-0.2, 0) is 58.3 Å². The fourth-order valence-corrected chi connectivity index (χ4v) is 8.77. The number of hydrogen-bond donors (Lipinski definition) is 7. The minimum atomic E-state index is -4.19. The van der Waals surface area contributed by atoms with Gasteiger partial charge in [-0.1, -0.05) is 91.1 Å². The summed E-state index contributed by atoms with van der Waals surface area (Å²) in [4.78, 5) is 92.3. The molecule has 21 heteroatoms. The van der Waals surface area contributed by atoms with Gasteiger partial charge in [-0.3, -0.25) is 33.3 Å². The zero-order chi connectivity index (χ0) is 53.5. The standard InChI is InChI=1S/C51H79N9O11S/c1-9-36(6)47(50(66)53-32-39-21-17-18-24-60(39)68)57-48(64)40(35(4)5)30-44(61)41(27-34(2)3)56-49(65)43(29-38-31-52-33-54-38)59(8)51(67)42(28-37-19-13-12-14-20-37)55-45(62)22-15-10-11-16-23-46(63)58(7)25-26-72(69,70)71/h12-14,17-21,24,31,33-36,40-44,47,61H,9-11,15-16,22-23,25-30,32H2,1-8H3,(H,52,54)(H,53,66)(H,55,62)(H,56,65)(H,57,64)(H,69,70,71). The molecule has 1 aromatic carbocycles. The first-order valence-corrected chi connectivity index (χ1v) is 26.6. The molecule has 0 radical (unpaired) electrons. The summed E-state index contributed by atoms with van der Waals surface area (Å²) in [6, 6.07) is 10.0. The molecule has 6 amide bonds. The Bertz CT molecular complexity index is 2280. The molecule has 7 atom stereocenters. The number of carbonyl (C=O) groups is 6. The van der Waals surface area contributed by atoms with Gasteiger partial charge in [0.25, 0.3) is 10.1 Å². The maximum atomic E-state index is 14.6. The Kier molecular flexibility index (Phi) is 25.3. The van der Waals surface area contributed by atoms with Gasteiger partial charge in [-0.05, 0) is 55.1 Å². The van der Waals surface area contributed by atoms with Gasteiger partial charge in [-0.2, -0.15) is 13.1 Å². The Labute approximate surface area is 425 Å². The molecular formula is C51H79N9O11S. The molecule has 7 unspecified atom stereocenters. The second-order valence-electron chi connectivity index (χ2n) is 19.6. The van der Waals surface area contributed by atoms with Crippen molar-refractivity contribution in [2.75, 3.05) is 26.4 Å². The van der Waals surface area contributed by atoms with Gasteiger partial charge in [-0.15, -0.1) is 0 Å². The lowest BCUT2D eigenvalue weighted by Crippen LogP contribution is -2.58. The molecule has 0 fully saturated rings. The molecule has 20 nitrogen and oxygen atoms in total. The van der Waals surface area contributed by atoms with Crippen LogP contribution in [0.25, 0.3) is 0 Å². The van der Waals surface area contributed by atoms with Crippen LogP contribution in [0.3, 0.4) is 0 Å². The Morgan fingerprint density at radius 2 is 1.50 bits per heavy atom. The highest BCUT2D eigenvalue weighted by Gasteiger charge is 2.37. The number of carbonyl (C=O) groups excluding carboxylic acids is 6. The number of nitrogens with zero attached hydrogens (tertiary/aromatic N) is 4. The lowest BCUT2D eigenvalue weighted by atomic mass is 9.85. The maximum absolute atomic E-state index is 14.6. The van der Waals surface area contributed by atoms with E-state index in [-0.39, 0.29) is 74.8 Å². The summed E-state index contributed by atoms with van der Waals surface area (Å²) in [5.41, 5.74) is 1.66. The van der Waals surface area contributed by atoms with E-state index in [1.165, 1.54) is 36.4 Å². The molecule has 0 aliphatic carbocycles. The van der Waals surface area contributed by atoms with Gasteiger partial charge in [0.05, 0.1) is 24.2 Å². The average molecular weight is 1030 g/mol. The molecule has 3 aromatic rings. The highest BCUT2D eigenvalue weighted by molar-refractivity contribution is 7.85. The van der Waals surface area contributed by atoms with Crippen molar-refractivity contribution in [2.24, 2.45) is 23.7 Å². The Hall–Kier alpha value is -5.93. The van der Waals surface area contributed by atoms with Crippen molar-refractivity contribution in [3.63, 3.8) is 0 Å². The number of aliphatic hydroxyl groups excluding tert-OH is 1. The third-order valence-electron chi connectivity index (χ3n) is 13.0. The topological polar surface area (TPSA) is 287 Å². The Balaban J connectivity index is 1.77. The summed E-state index contributed by atoms with van der Waals surface area (Å²) in [5.74, 6) is -4.54. The van der Waals surface area contributed by atoms with E-state index < -0.39 is 75.7 Å². The number of hydrogen-bond acceptors (Lipinski definition) is 11. The molecule has 0 spiro atoms. The van der Waals surface area contributed by atoms with E-state index in [2.05, 4.69) is 31.2 Å². The summed E-state index contributed by atoms with van der Waals surface area (Å²) in [5, 5.41) is 35.8. The fraction of sp³-hybridized carbons (Fsp3) is 0.608. The van der Waals surface area contributed by atoms with Gasteiger partial charge in [0.2, 0.25) is 41.1 Å². The molecule has 2 aromatic heterocycles. The van der Waals surface area contributed by atoms with Crippen molar-refractivity contribution in [1.82, 2.24) is 41.0 Å². The van der Waals surface area contributed by atoms with E-state index in [0.717, 1.165) is 5.56 Å². The summed E-state index contributed by atoms with van der Waals surface area (Å²) in [6.07, 6.45) is 6.56. The number of benzene rings is 1. The molecule has 0 bridgehead atoms. The summed E-state index contributed by atoms with van der Waals surface area (Å²) >= 11 is 0. The summed E-state index contributed by atoms with van der Waals surface area (Å²) in [6.45, 7) is 11.1. The zero-order valence-corrected chi connectivity index (χ0v) is 44.0. The third kappa shape index (κ3) is 21.0. The molecular weight excluding hydrogens is 947 g/mol. The number of aliphatic hydroxyl groups is 1. The van der Waals surface area contributed by atoms with Crippen molar-refractivity contribution in [1.29, 1.82) is 0 Å². The number of aromatic nitrogens is 3. The number of unbranched alkanes of at least 4 members (excludes halogenated alkanes) is 3. The van der Waals surface area contributed by atoms with E-state index in [4.69, 9.17) is 4.55 Å². The first-order valence-electron chi connectivity index (χ1n) is 25.0. The number of imidazole rings is 1. The maximum Gasteiger partial charge on any atom is 0.266 e. The minimum absolute atomic E-state index is 0.0125. The van der Waals surface area contributed by atoms with Crippen LogP contribution in [0.5, 0.6) is 0 Å². The molecule has 72 heavy (non-hydrogen) atoms. The van der Waals surface area contributed by atoms with E-state index in [9.17, 15) is 47.5 Å². The molecule has 0 aliphatic heterocycles. The first-order chi connectivity index (χ1) is 34.0. The molecule has 2 heterocycles. The SMILES string of the molecule is CCC(C)C(NC(=O)C(CC(O)C(CC(C)C)NC(=O)C(Cc1cnc[nH]1)N(C)C(=O)C(Cc1ccccc1)NC(=O)CCCCCCC(=O)N(C)CCS(=O)(=O)O)C(C)C)C(=O)NCc1cccc[n+]1[O-]. The van der Waals surface area contributed by atoms with Gasteiger partial charge < -0.3 is 46.4 Å². The van der Waals surface area contributed by atoms with Crippen LogP contribution in [0, 0.1) is 28.9 Å². The second-order valence-corrected chi connectivity index (χ2v) is 21.1. The smallest absolute Gasteiger partial charge is 0.266 e. The fourth-order valence-electron chi connectivity index (χ4n) is 8.26. The van der Waals surface area contributed by atoms with Gasteiger partial charge in [-0.25, -0.2) is 4.98 Å². The van der Waals surface area contributed by atoms with Crippen molar-refractivity contribution in [3.05, 3.63) is 89.4 Å². The van der Waals surface area contributed by atoms with Crippen LogP contribution < -0.4 is 26.0 Å². The number of aromatic amines is 1. The number of pyridine rings is 1. The van der Waals surface area contributed by atoms with Crippen LogP contribution >= 0.6 is 0 Å². The van der Waals surface area contributed by atoms with Crippen LogP contribution in [0.15, 0.2) is 67.3 Å². The monoisotopic (exact) mass is 1030 g/mol. The highest BCUT2D eigenvalue weighted by Crippen LogP contribution is 2.24. The van der Waals surface area contributed by atoms with Gasteiger partial charge in [0, 0.05) is 76.3 Å². The van der Waals surface area contributed by atoms with Gasteiger partial charge in [0.1, 0.15) is 24.7 Å². The number of likely N-dealkylation sites (N-methyl/N-ethyl adjacent to an activating group) is 1. The average Bonchev–Trinajstić information content (AvgIpc) is 3.86. The minimum Gasteiger partial charge on any atom is -0.618 e. The number of nitrogens with one attached hydrogen (secondary N) is 5. The zero-order valence-electron chi connectivity index (χ0n) is 43.2. The lowest BCUT2D eigenvalue weighted by Gasteiger charge is -2.34. The molecule has 7 N–H and O–H groups in total. The number of amides is 6. The van der Waals surface area contributed by atoms with Crippen molar-refractivity contribution in [2.45, 2.75) is 149 Å². The van der Waals surface area contributed by atoms with E-state index >= 15 is 0 Å². The number of H-pyrrole nitrogens is 1. The molecule has 0 saturated carbocycles. The Morgan fingerprint density at radius 3 is 2.10 bits per heavy atom. The van der Waals surface area contributed by atoms with Crippen molar-refractivity contribution in [3.8, 4) is 0 Å². The van der Waals surface area contributed by atoms with Crippen LogP contribution in [0.2, 0.25) is 0 Å². The highest BCUT2D eigenvalue weighted by atomic mass is 32.2. The third-order valence-corrected chi connectivity index (χ3v) is 13.7. The van der Waals surface area contributed by atoms with Crippen LogP contribution in [-0.4, -0.2) is 130 Å². The quantitative estimate of drug-likeness (QED) is 0.0206. The molecule has 0 saturated heterocycles. The second kappa shape index (κ2) is 30.2. The molecule has 3 rings (SSSR count). The van der Waals surface area contributed by atoms with E-state index in [0.29, 0.717) is 54.6 Å². The predicted octanol–water partition coefficient (Wildman–Crippen LogP) is 3.23. The first kappa shape index (κ1) is 60.4. The Morgan fingerprint density at radius 1 is 0.833 bits per heavy atom. The van der Waals surface area contributed by atoms with Crippen molar-refractivity contribution < 1.29 is 51.6 Å².